The van der Waals surface area contributed by atoms with Gasteiger partial charge < -0.3 is 0 Å². The molecule has 0 aromatic heterocycles. The number of hydrogen-bond acceptors (Lipinski definition) is 1. The van der Waals surface area contributed by atoms with Crippen LogP contribution in [0.1, 0.15) is 28.4 Å². The van der Waals surface area contributed by atoms with Crippen molar-refractivity contribution in [2.75, 3.05) is 0 Å². The van der Waals surface area contributed by atoms with Crippen LogP contribution in [0.2, 0.25) is 0 Å². The lowest BCUT2D eigenvalue weighted by Gasteiger charge is -2.01. The van der Waals surface area contributed by atoms with Crippen LogP contribution >= 0.6 is 15.9 Å². The third-order valence-corrected chi connectivity index (χ3v) is 2.35. The number of benzene rings is 1. The molecule has 1 rings (SSSR count). The fraction of sp³-hybridized carbons (Fsp3) is 0.300. The fourth-order valence-corrected chi connectivity index (χ4v) is 1.47. The summed E-state index contributed by atoms with van der Waals surface area (Å²) in [5.74, 6) is 0.126. The normalized spacial score (nSPS) is 9.92. The van der Waals surface area contributed by atoms with Gasteiger partial charge in [0.1, 0.15) is 0 Å². The summed E-state index contributed by atoms with van der Waals surface area (Å²) in [5, 5.41) is 0.801. The molecular weight excluding hydrogens is 216 g/mol. The Bertz CT molecular complexity index is 305. The molecule has 12 heavy (non-hydrogen) atoms. The van der Waals surface area contributed by atoms with Gasteiger partial charge in [0.2, 0.25) is 0 Å². The van der Waals surface area contributed by atoms with Crippen molar-refractivity contribution < 1.29 is 4.79 Å². The van der Waals surface area contributed by atoms with Gasteiger partial charge in [-0.2, -0.15) is 0 Å². The minimum atomic E-state index is 0.126. The molecule has 1 nitrogen and oxygen atoms in total. The number of rotatable bonds is 2. The van der Waals surface area contributed by atoms with E-state index in [1.807, 2.05) is 19.1 Å². The SMILES string of the molecule is CC(=O)c1cc(C)cc(CBr)c1. The van der Waals surface area contributed by atoms with Crippen LogP contribution in [0.25, 0.3) is 0 Å². The van der Waals surface area contributed by atoms with E-state index in [0.717, 1.165) is 22.0 Å². The molecular formula is C10H11BrO. The maximum absolute atomic E-state index is 11.1. The molecule has 0 saturated heterocycles. The zero-order chi connectivity index (χ0) is 9.14. The number of carbonyl (C=O) groups is 1. The maximum Gasteiger partial charge on any atom is 0.159 e. The maximum atomic E-state index is 11.1. The Morgan fingerprint density at radius 3 is 2.58 bits per heavy atom. The number of alkyl halides is 1. The van der Waals surface area contributed by atoms with Gasteiger partial charge in [-0.3, -0.25) is 4.79 Å². The van der Waals surface area contributed by atoms with Crippen LogP contribution in [0.5, 0.6) is 0 Å². The minimum Gasteiger partial charge on any atom is -0.295 e. The predicted octanol–water partition coefficient (Wildman–Crippen LogP) is 3.09. The van der Waals surface area contributed by atoms with Gasteiger partial charge in [-0.05, 0) is 31.5 Å². The van der Waals surface area contributed by atoms with Crippen molar-refractivity contribution in [1.82, 2.24) is 0 Å². The van der Waals surface area contributed by atoms with Crippen molar-refractivity contribution >= 4 is 21.7 Å². The average Bonchev–Trinajstić information content (AvgIpc) is 2.03. The second kappa shape index (κ2) is 3.85. The van der Waals surface area contributed by atoms with Crippen LogP contribution in [0.15, 0.2) is 18.2 Å². The van der Waals surface area contributed by atoms with E-state index in [4.69, 9.17) is 0 Å². The highest BCUT2D eigenvalue weighted by atomic mass is 79.9. The van der Waals surface area contributed by atoms with Crippen molar-refractivity contribution in [3.63, 3.8) is 0 Å². The third kappa shape index (κ3) is 2.18. The van der Waals surface area contributed by atoms with Crippen LogP contribution in [0.3, 0.4) is 0 Å². The summed E-state index contributed by atoms with van der Waals surface area (Å²) in [4.78, 5) is 11.1. The minimum absolute atomic E-state index is 0.126. The molecule has 0 aliphatic heterocycles. The van der Waals surface area contributed by atoms with E-state index in [1.54, 1.807) is 6.92 Å². The molecule has 0 heterocycles. The fourth-order valence-electron chi connectivity index (χ4n) is 1.14. The van der Waals surface area contributed by atoms with Gasteiger partial charge in [0.05, 0.1) is 0 Å². The molecule has 2 heteroatoms. The van der Waals surface area contributed by atoms with Crippen LogP contribution in [0, 0.1) is 6.92 Å². The predicted molar refractivity (Wildman–Crippen MR) is 53.8 cm³/mol. The molecule has 0 amide bonds. The Labute approximate surface area is 80.9 Å². The van der Waals surface area contributed by atoms with Crippen molar-refractivity contribution in [1.29, 1.82) is 0 Å². The monoisotopic (exact) mass is 226 g/mol. The van der Waals surface area contributed by atoms with Crippen LogP contribution < -0.4 is 0 Å². The number of halogens is 1. The Morgan fingerprint density at radius 2 is 2.08 bits per heavy atom. The van der Waals surface area contributed by atoms with E-state index in [-0.39, 0.29) is 5.78 Å². The lowest BCUT2D eigenvalue weighted by molar-refractivity contribution is 0.101. The molecule has 1 aromatic carbocycles. The van der Waals surface area contributed by atoms with E-state index >= 15 is 0 Å². The molecule has 0 aliphatic rings. The van der Waals surface area contributed by atoms with Gasteiger partial charge in [0.15, 0.2) is 5.78 Å². The van der Waals surface area contributed by atoms with Gasteiger partial charge in [-0.25, -0.2) is 0 Å². The first-order valence-electron chi connectivity index (χ1n) is 3.81. The Morgan fingerprint density at radius 1 is 1.42 bits per heavy atom. The lowest BCUT2D eigenvalue weighted by Crippen LogP contribution is -1.94. The van der Waals surface area contributed by atoms with E-state index in [1.165, 1.54) is 0 Å². The summed E-state index contributed by atoms with van der Waals surface area (Å²) in [6.07, 6.45) is 0. The molecule has 1 aromatic rings. The van der Waals surface area contributed by atoms with E-state index in [9.17, 15) is 4.79 Å². The zero-order valence-electron chi connectivity index (χ0n) is 7.23. The first-order chi connectivity index (χ1) is 5.63. The Kier molecular flexibility index (Phi) is 3.04. The van der Waals surface area contributed by atoms with Gasteiger partial charge in [0, 0.05) is 10.9 Å². The van der Waals surface area contributed by atoms with Gasteiger partial charge in [-0.1, -0.05) is 27.6 Å². The second-order valence-electron chi connectivity index (χ2n) is 2.90. The molecule has 0 radical (unpaired) electrons. The number of Topliss-reactive ketones (excluding diaryl/α,β-unsaturated/α-hetero) is 1. The summed E-state index contributed by atoms with van der Waals surface area (Å²) in [6, 6.07) is 5.90. The lowest BCUT2D eigenvalue weighted by atomic mass is 10.1. The Balaban J connectivity index is 3.15. The zero-order valence-corrected chi connectivity index (χ0v) is 8.81. The molecule has 0 N–H and O–H groups in total. The molecule has 0 saturated carbocycles. The largest absolute Gasteiger partial charge is 0.295 e. The summed E-state index contributed by atoms with van der Waals surface area (Å²) in [7, 11) is 0. The van der Waals surface area contributed by atoms with Crippen molar-refractivity contribution in [2.45, 2.75) is 19.2 Å². The molecule has 0 fully saturated rings. The van der Waals surface area contributed by atoms with Crippen molar-refractivity contribution in [3.05, 3.63) is 34.9 Å². The topological polar surface area (TPSA) is 17.1 Å². The number of carbonyl (C=O) groups excluding carboxylic acids is 1. The highest BCUT2D eigenvalue weighted by molar-refractivity contribution is 9.08. The molecule has 0 aliphatic carbocycles. The highest BCUT2D eigenvalue weighted by Crippen LogP contribution is 2.12. The number of ketones is 1. The summed E-state index contributed by atoms with van der Waals surface area (Å²) in [5.41, 5.74) is 3.09. The van der Waals surface area contributed by atoms with Crippen LogP contribution in [-0.4, -0.2) is 5.78 Å². The van der Waals surface area contributed by atoms with Gasteiger partial charge in [-0.15, -0.1) is 0 Å². The standard InChI is InChI=1S/C10H11BrO/c1-7-3-9(6-11)5-10(4-7)8(2)12/h3-5H,6H2,1-2H3. The first-order valence-corrected chi connectivity index (χ1v) is 4.93. The molecule has 0 atom stereocenters. The second-order valence-corrected chi connectivity index (χ2v) is 3.46. The summed E-state index contributed by atoms with van der Waals surface area (Å²) >= 11 is 3.36. The smallest absolute Gasteiger partial charge is 0.159 e. The van der Waals surface area contributed by atoms with Crippen LogP contribution in [-0.2, 0) is 5.33 Å². The van der Waals surface area contributed by atoms with Crippen molar-refractivity contribution in [2.24, 2.45) is 0 Å². The summed E-state index contributed by atoms with van der Waals surface area (Å²) in [6.45, 7) is 3.59. The highest BCUT2D eigenvalue weighted by Gasteiger charge is 2.01. The van der Waals surface area contributed by atoms with E-state index < -0.39 is 0 Å². The molecule has 0 unspecified atom stereocenters. The first kappa shape index (κ1) is 9.46. The third-order valence-electron chi connectivity index (χ3n) is 1.70. The van der Waals surface area contributed by atoms with E-state index in [2.05, 4.69) is 22.0 Å². The summed E-state index contributed by atoms with van der Waals surface area (Å²) < 4.78 is 0. The Hall–Kier alpha value is -0.630. The number of aryl methyl sites for hydroxylation is 1. The quantitative estimate of drug-likeness (QED) is 0.560. The molecule has 0 spiro atoms. The van der Waals surface area contributed by atoms with E-state index in [0.29, 0.717) is 0 Å². The molecule has 64 valence electrons. The van der Waals surface area contributed by atoms with Crippen LogP contribution in [0.4, 0.5) is 0 Å². The molecule has 0 bridgehead atoms. The van der Waals surface area contributed by atoms with Crippen molar-refractivity contribution in [3.8, 4) is 0 Å². The van der Waals surface area contributed by atoms with Gasteiger partial charge >= 0.3 is 0 Å². The average molecular weight is 227 g/mol. The number of hydrogen-bond donors (Lipinski definition) is 0. The van der Waals surface area contributed by atoms with Gasteiger partial charge in [0.25, 0.3) is 0 Å².